The van der Waals surface area contributed by atoms with Crippen LogP contribution in [0.2, 0.25) is 0 Å². The van der Waals surface area contributed by atoms with Crippen molar-refractivity contribution in [3.8, 4) is 0 Å². The van der Waals surface area contributed by atoms with E-state index in [-0.39, 0.29) is 0 Å². The first kappa shape index (κ1) is 20.4. The first-order chi connectivity index (χ1) is 13.3. The second-order valence-corrected chi connectivity index (χ2v) is 8.47. The molecule has 2 aromatic carbocycles. The maximum Gasteiger partial charge on any atom is 0.412 e. The highest BCUT2D eigenvalue weighted by Crippen LogP contribution is 2.37. The summed E-state index contributed by atoms with van der Waals surface area (Å²) in [6.45, 7) is 7.96. The number of nitrogens with zero attached hydrogens (tertiary/aromatic N) is 1. The molecule has 1 saturated heterocycles. The molecule has 0 unspecified atom stereocenters. The van der Waals surface area contributed by atoms with E-state index in [4.69, 9.17) is 4.74 Å². The van der Waals surface area contributed by atoms with E-state index in [0.717, 1.165) is 25.2 Å². The number of carbonyl (C=O) groups excluding carboxylic acids is 1. The molecule has 3 rings (SSSR count). The number of amides is 1. The Kier molecular flexibility index (Phi) is 6.06. The highest BCUT2D eigenvalue weighted by Gasteiger charge is 2.36. The largest absolute Gasteiger partial charge is 0.444 e. The van der Waals surface area contributed by atoms with E-state index in [9.17, 15) is 9.90 Å². The number of anilines is 1. The van der Waals surface area contributed by atoms with Gasteiger partial charge in [0.2, 0.25) is 0 Å². The van der Waals surface area contributed by atoms with E-state index in [2.05, 4.69) is 22.3 Å². The highest BCUT2D eigenvalue weighted by molar-refractivity contribution is 5.86. The highest BCUT2D eigenvalue weighted by atomic mass is 16.6. The summed E-state index contributed by atoms with van der Waals surface area (Å²) in [5.41, 5.74) is 1.10. The predicted octanol–water partition coefficient (Wildman–Crippen LogP) is 4.52. The number of benzene rings is 2. The first-order valence-electron chi connectivity index (χ1n) is 9.83. The van der Waals surface area contributed by atoms with Crippen molar-refractivity contribution in [3.05, 3.63) is 65.7 Å². The van der Waals surface area contributed by atoms with Crippen molar-refractivity contribution in [2.24, 2.45) is 0 Å². The number of likely N-dealkylation sites (tertiary alicyclic amines) is 1. The summed E-state index contributed by atoms with van der Waals surface area (Å²) in [7, 11) is 0. The molecular formula is C23H30N2O3. The Bertz CT molecular complexity index is 791. The number of nitrogens with one attached hydrogen (secondary N) is 1. The van der Waals surface area contributed by atoms with E-state index in [1.165, 1.54) is 5.56 Å². The number of aliphatic hydroxyl groups is 1. The van der Waals surface area contributed by atoms with Crippen molar-refractivity contribution in [2.75, 3.05) is 18.4 Å². The Balaban J connectivity index is 1.67. The summed E-state index contributed by atoms with van der Waals surface area (Å²) in [6, 6.07) is 17.8. The van der Waals surface area contributed by atoms with Crippen LogP contribution in [0.1, 0.15) is 44.7 Å². The van der Waals surface area contributed by atoms with Crippen molar-refractivity contribution in [1.29, 1.82) is 0 Å². The summed E-state index contributed by atoms with van der Waals surface area (Å²) >= 11 is 0. The van der Waals surface area contributed by atoms with Crippen molar-refractivity contribution in [2.45, 2.75) is 51.4 Å². The van der Waals surface area contributed by atoms with Gasteiger partial charge in [0.05, 0.1) is 11.3 Å². The summed E-state index contributed by atoms with van der Waals surface area (Å²) in [6.07, 6.45) is 0.727. The van der Waals surface area contributed by atoms with E-state index in [0.29, 0.717) is 18.5 Å². The predicted molar refractivity (Wildman–Crippen MR) is 111 cm³/mol. The Morgan fingerprint density at radius 2 is 1.68 bits per heavy atom. The molecule has 5 heteroatoms. The van der Waals surface area contributed by atoms with Crippen LogP contribution in [0.25, 0.3) is 0 Å². The lowest BCUT2D eigenvalue weighted by atomic mass is 9.83. The van der Waals surface area contributed by atoms with Gasteiger partial charge < -0.3 is 9.84 Å². The van der Waals surface area contributed by atoms with Gasteiger partial charge in [0.15, 0.2) is 0 Å². The second-order valence-electron chi connectivity index (χ2n) is 8.47. The van der Waals surface area contributed by atoms with Crippen molar-refractivity contribution in [3.63, 3.8) is 0 Å². The van der Waals surface area contributed by atoms with Crippen LogP contribution in [0.15, 0.2) is 54.6 Å². The van der Waals surface area contributed by atoms with Crippen LogP contribution >= 0.6 is 0 Å². The molecule has 0 saturated carbocycles. The number of ether oxygens (including phenoxy) is 1. The van der Waals surface area contributed by atoms with Crippen LogP contribution in [0.4, 0.5) is 10.5 Å². The molecule has 0 spiro atoms. The molecule has 5 nitrogen and oxygen atoms in total. The molecule has 0 aromatic heterocycles. The van der Waals surface area contributed by atoms with Crippen LogP contribution in [-0.2, 0) is 16.9 Å². The van der Waals surface area contributed by atoms with Gasteiger partial charge in [-0.2, -0.15) is 0 Å². The summed E-state index contributed by atoms with van der Waals surface area (Å²) in [5.74, 6) is 0. The van der Waals surface area contributed by atoms with Gasteiger partial charge in [-0.15, -0.1) is 0 Å². The quantitative estimate of drug-likeness (QED) is 0.816. The summed E-state index contributed by atoms with van der Waals surface area (Å²) in [5, 5.41) is 14.1. The van der Waals surface area contributed by atoms with Crippen LogP contribution in [-0.4, -0.2) is 34.8 Å². The molecule has 0 radical (unpaired) electrons. The van der Waals surface area contributed by atoms with Gasteiger partial charge in [-0.1, -0.05) is 48.5 Å². The number of rotatable bonds is 4. The van der Waals surface area contributed by atoms with Crippen molar-refractivity contribution in [1.82, 2.24) is 4.90 Å². The Morgan fingerprint density at radius 3 is 2.32 bits per heavy atom. The SMILES string of the molecule is CC(C)(C)OC(=O)Nc1ccccc1C1(O)CCN(Cc2ccccc2)CC1. The molecule has 28 heavy (non-hydrogen) atoms. The molecule has 1 aliphatic rings. The smallest absolute Gasteiger partial charge is 0.412 e. The van der Waals surface area contributed by atoms with Gasteiger partial charge in [-0.05, 0) is 45.2 Å². The van der Waals surface area contributed by atoms with Gasteiger partial charge in [0.25, 0.3) is 0 Å². The van der Waals surface area contributed by atoms with Gasteiger partial charge in [0.1, 0.15) is 5.60 Å². The fourth-order valence-corrected chi connectivity index (χ4v) is 3.60. The minimum absolute atomic E-state index is 0.509. The minimum atomic E-state index is -0.960. The number of piperidine rings is 1. The molecule has 2 aromatic rings. The maximum absolute atomic E-state index is 12.2. The van der Waals surface area contributed by atoms with E-state index in [1.54, 1.807) is 0 Å². The topological polar surface area (TPSA) is 61.8 Å². The Hall–Kier alpha value is -2.37. The zero-order valence-corrected chi connectivity index (χ0v) is 16.9. The van der Waals surface area contributed by atoms with Crippen LogP contribution in [0, 0.1) is 0 Å². The molecule has 1 amide bonds. The molecule has 1 fully saturated rings. The zero-order chi connectivity index (χ0) is 20.2. The fourth-order valence-electron chi connectivity index (χ4n) is 3.60. The first-order valence-corrected chi connectivity index (χ1v) is 9.83. The molecule has 0 bridgehead atoms. The van der Waals surface area contributed by atoms with Gasteiger partial charge in [-0.25, -0.2) is 4.79 Å². The number of carbonyl (C=O) groups is 1. The monoisotopic (exact) mass is 382 g/mol. The lowest BCUT2D eigenvalue weighted by molar-refractivity contribution is -0.0271. The molecule has 0 aliphatic carbocycles. The van der Waals surface area contributed by atoms with Gasteiger partial charge >= 0.3 is 6.09 Å². The lowest BCUT2D eigenvalue weighted by Crippen LogP contribution is -2.42. The third-order valence-corrected chi connectivity index (χ3v) is 5.00. The molecule has 0 atom stereocenters. The Labute approximate surface area is 167 Å². The van der Waals surface area contributed by atoms with E-state index < -0.39 is 17.3 Å². The normalized spacial score (nSPS) is 17.1. The van der Waals surface area contributed by atoms with Crippen LogP contribution in [0.3, 0.4) is 0 Å². The third-order valence-electron chi connectivity index (χ3n) is 5.00. The van der Waals surface area contributed by atoms with E-state index >= 15 is 0 Å². The van der Waals surface area contributed by atoms with Gasteiger partial charge in [0, 0.05) is 25.2 Å². The van der Waals surface area contributed by atoms with Crippen molar-refractivity contribution < 1.29 is 14.6 Å². The number of para-hydroxylation sites is 1. The zero-order valence-electron chi connectivity index (χ0n) is 16.9. The summed E-state index contributed by atoms with van der Waals surface area (Å²) in [4.78, 5) is 14.6. The molecule has 1 aliphatic heterocycles. The standard InChI is InChI=1S/C23H30N2O3/c1-22(2,3)28-21(26)24-20-12-8-7-11-19(20)23(27)13-15-25(16-14-23)17-18-9-5-4-6-10-18/h4-12,27H,13-17H2,1-3H3,(H,24,26). The Morgan fingerprint density at radius 1 is 1.07 bits per heavy atom. The minimum Gasteiger partial charge on any atom is -0.444 e. The molecular weight excluding hydrogens is 352 g/mol. The molecule has 150 valence electrons. The molecule has 1 heterocycles. The number of hydrogen-bond acceptors (Lipinski definition) is 4. The van der Waals surface area contributed by atoms with Crippen LogP contribution < -0.4 is 5.32 Å². The van der Waals surface area contributed by atoms with Crippen molar-refractivity contribution >= 4 is 11.8 Å². The van der Waals surface area contributed by atoms with Gasteiger partial charge in [-0.3, -0.25) is 10.2 Å². The van der Waals surface area contributed by atoms with E-state index in [1.807, 2.05) is 63.2 Å². The van der Waals surface area contributed by atoms with Crippen LogP contribution in [0.5, 0.6) is 0 Å². The number of hydrogen-bond donors (Lipinski definition) is 2. The third kappa shape index (κ3) is 5.33. The average molecular weight is 383 g/mol. The lowest BCUT2D eigenvalue weighted by Gasteiger charge is -2.39. The maximum atomic E-state index is 12.2. The average Bonchev–Trinajstić information content (AvgIpc) is 2.63. The second kappa shape index (κ2) is 8.33. The fraction of sp³-hybridized carbons (Fsp3) is 0.435. The summed E-state index contributed by atoms with van der Waals surface area (Å²) < 4.78 is 5.36. The molecule has 2 N–H and O–H groups in total.